The average Bonchev–Trinajstić information content (AvgIpc) is 3.30. The highest BCUT2D eigenvalue weighted by atomic mass is 32.2. The van der Waals surface area contributed by atoms with Gasteiger partial charge in [0.05, 0.1) is 10.8 Å². The molecule has 1 aliphatic rings. The van der Waals surface area contributed by atoms with Gasteiger partial charge in [0.1, 0.15) is 10.7 Å². The van der Waals surface area contributed by atoms with E-state index in [1.165, 1.54) is 22.3 Å². The average molecular weight is 458 g/mol. The Morgan fingerprint density at radius 2 is 1.87 bits per heavy atom. The van der Waals surface area contributed by atoms with Crippen LogP contribution in [-0.2, 0) is 15.8 Å². The third-order valence-electron chi connectivity index (χ3n) is 4.85. The van der Waals surface area contributed by atoms with E-state index in [2.05, 4.69) is 25.3 Å². The molecule has 0 spiro atoms. The van der Waals surface area contributed by atoms with Crippen LogP contribution in [0.3, 0.4) is 0 Å². The number of nitrogens with two attached hydrogens (primary N) is 1. The van der Waals surface area contributed by atoms with Gasteiger partial charge in [-0.05, 0) is 43.5 Å². The molecule has 1 fully saturated rings. The molecule has 0 radical (unpaired) electrons. The van der Waals surface area contributed by atoms with E-state index >= 15 is 0 Å². The molecule has 11 heteroatoms. The number of sulfonamides is 1. The number of nitrogen functional groups attached to an aromatic ring is 1. The molecule has 0 bridgehead atoms. The van der Waals surface area contributed by atoms with Crippen LogP contribution < -0.4 is 11.1 Å². The van der Waals surface area contributed by atoms with Crippen molar-refractivity contribution in [3.8, 4) is 0 Å². The molecule has 0 unspecified atom stereocenters. The quantitative estimate of drug-likeness (QED) is 0.515. The van der Waals surface area contributed by atoms with Gasteiger partial charge < -0.3 is 11.1 Å². The van der Waals surface area contributed by atoms with Gasteiger partial charge in [-0.2, -0.15) is 19.3 Å². The normalized spacial score (nSPS) is 14.6. The van der Waals surface area contributed by atoms with Crippen LogP contribution in [0.25, 0.3) is 0 Å². The summed E-state index contributed by atoms with van der Waals surface area (Å²) in [6, 6.07) is 11.1. The summed E-state index contributed by atoms with van der Waals surface area (Å²) in [5, 5.41) is 3.84. The first kappa shape index (κ1) is 21.5. The van der Waals surface area contributed by atoms with Gasteiger partial charge in [0.25, 0.3) is 0 Å². The van der Waals surface area contributed by atoms with Crippen LogP contribution in [0, 0.1) is 6.92 Å². The molecule has 0 saturated carbocycles. The van der Waals surface area contributed by atoms with Crippen molar-refractivity contribution in [2.24, 2.45) is 0 Å². The van der Waals surface area contributed by atoms with Gasteiger partial charge in [-0.25, -0.2) is 13.4 Å². The smallest absolute Gasteiger partial charge is 0.244 e. The Morgan fingerprint density at radius 3 is 2.58 bits per heavy atom. The molecule has 1 aliphatic heterocycles. The number of benzene rings is 1. The fourth-order valence-electron chi connectivity index (χ4n) is 3.21. The maximum absolute atomic E-state index is 12.6. The number of para-hydroxylation sites is 1. The van der Waals surface area contributed by atoms with Gasteiger partial charge in [-0.1, -0.05) is 30.0 Å². The molecular formula is C20H23N7O2S2. The van der Waals surface area contributed by atoms with E-state index < -0.39 is 10.0 Å². The number of thioether (sulfide) groups is 1. The van der Waals surface area contributed by atoms with E-state index in [1.807, 2.05) is 31.2 Å². The van der Waals surface area contributed by atoms with Gasteiger partial charge in [0.2, 0.25) is 21.9 Å². The predicted molar refractivity (Wildman–Crippen MR) is 120 cm³/mol. The molecule has 1 aromatic carbocycles. The number of rotatable bonds is 7. The van der Waals surface area contributed by atoms with Crippen molar-refractivity contribution < 1.29 is 8.42 Å². The Labute approximate surface area is 185 Å². The highest BCUT2D eigenvalue weighted by Crippen LogP contribution is 2.25. The Bertz CT molecular complexity index is 1160. The Kier molecular flexibility index (Phi) is 6.35. The maximum Gasteiger partial charge on any atom is 0.244 e. The Hall–Kier alpha value is -2.76. The number of aromatic nitrogens is 4. The van der Waals surface area contributed by atoms with Gasteiger partial charge in [-0.15, -0.1) is 0 Å². The van der Waals surface area contributed by atoms with E-state index in [4.69, 9.17) is 5.73 Å². The van der Waals surface area contributed by atoms with E-state index in [0.717, 1.165) is 24.1 Å². The van der Waals surface area contributed by atoms with E-state index in [9.17, 15) is 8.42 Å². The zero-order valence-corrected chi connectivity index (χ0v) is 18.7. The third kappa shape index (κ3) is 5.12. The fraction of sp³-hybridized carbons (Fsp3) is 0.300. The first-order chi connectivity index (χ1) is 14.9. The van der Waals surface area contributed by atoms with Crippen molar-refractivity contribution in [1.29, 1.82) is 0 Å². The minimum Gasteiger partial charge on any atom is -0.368 e. The number of aryl methyl sites for hydroxylation is 1. The SMILES string of the molecule is Cc1ccccc1Nc1nc(N)nc(CSc2ccc(S(=O)(=O)N3CCCC3)cn2)n1. The fourth-order valence-corrected chi connectivity index (χ4v) is 5.37. The van der Waals surface area contributed by atoms with Crippen molar-refractivity contribution in [3.63, 3.8) is 0 Å². The molecule has 2 aromatic heterocycles. The first-order valence-corrected chi connectivity index (χ1v) is 12.3. The molecule has 3 aromatic rings. The van der Waals surface area contributed by atoms with Crippen molar-refractivity contribution in [2.45, 2.75) is 35.4 Å². The lowest BCUT2D eigenvalue weighted by Gasteiger charge is -2.15. The second-order valence-electron chi connectivity index (χ2n) is 7.11. The number of hydrogen-bond donors (Lipinski definition) is 2. The van der Waals surface area contributed by atoms with Gasteiger partial charge >= 0.3 is 0 Å². The molecule has 162 valence electrons. The zero-order valence-electron chi connectivity index (χ0n) is 17.0. The summed E-state index contributed by atoms with van der Waals surface area (Å²) in [5.74, 6) is 1.42. The summed E-state index contributed by atoms with van der Waals surface area (Å²) in [7, 11) is -3.46. The second kappa shape index (κ2) is 9.16. The monoisotopic (exact) mass is 457 g/mol. The van der Waals surface area contributed by atoms with Crippen molar-refractivity contribution in [1.82, 2.24) is 24.2 Å². The molecule has 9 nitrogen and oxygen atoms in total. The maximum atomic E-state index is 12.6. The lowest BCUT2D eigenvalue weighted by molar-refractivity contribution is 0.477. The van der Waals surface area contributed by atoms with Crippen molar-refractivity contribution in [3.05, 3.63) is 54.0 Å². The van der Waals surface area contributed by atoms with Crippen LogP contribution in [0.4, 0.5) is 17.6 Å². The summed E-state index contributed by atoms with van der Waals surface area (Å²) in [4.78, 5) is 17.3. The molecule has 1 saturated heterocycles. The zero-order chi connectivity index (χ0) is 21.8. The minimum absolute atomic E-state index is 0.127. The van der Waals surface area contributed by atoms with Crippen LogP contribution in [-0.4, -0.2) is 45.7 Å². The second-order valence-corrected chi connectivity index (χ2v) is 10.0. The summed E-state index contributed by atoms with van der Waals surface area (Å²) in [5.41, 5.74) is 7.80. The first-order valence-electron chi connectivity index (χ1n) is 9.84. The van der Waals surface area contributed by atoms with Gasteiger partial charge in [0, 0.05) is 25.0 Å². The number of nitrogens with zero attached hydrogens (tertiary/aromatic N) is 5. The minimum atomic E-state index is -3.46. The highest BCUT2D eigenvalue weighted by Gasteiger charge is 2.27. The Morgan fingerprint density at radius 1 is 1.10 bits per heavy atom. The van der Waals surface area contributed by atoms with Crippen LogP contribution >= 0.6 is 11.8 Å². The number of pyridine rings is 1. The molecule has 0 aliphatic carbocycles. The molecular weight excluding hydrogens is 434 g/mol. The van der Waals surface area contributed by atoms with E-state index in [0.29, 0.717) is 35.6 Å². The standard InChI is InChI=1S/C20H23N7O2S2/c1-14-6-2-3-7-16(14)23-20-25-17(24-19(21)26-20)13-30-18-9-8-15(12-22-18)31(28,29)27-10-4-5-11-27/h2-3,6-9,12H,4-5,10-11,13H2,1H3,(H3,21,23,24,25,26). The lowest BCUT2D eigenvalue weighted by atomic mass is 10.2. The van der Waals surface area contributed by atoms with E-state index in [1.54, 1.807) is 12.1 Å². The van der Waals surface area contributed by atoms with Crippen LogP contribution in [0.1, 0.15) is 24.2 Å². The number of nitrogens with one attached hydrogen (secondary N) is 1. The summed E-state index contributed by atoms with van der Waals surface area (Å²) < 4.78 is 26.7. The summed E-state index contributed by atoms with van der Waals surface area (Å²) >= 11 is 1.40. The molecule has 31 heavy (non-hydrogen) atoms. The van der Waals surface area contributed by atoms with Gasteiger partial charge in [-0.3, -0.25) is 0 Å². The van der Waals surface area contributed by atoms with Crippen molar-refractivity contribution in [2.75, 3.05) is 24.1 Å². The molecule has 3 N–H and O–H groups in total. The van der Waals surface area contributed by atoms with Crippen LogP contribution in [0.15, 0.2) is 52.5 Å². The topological polar surface area (TPSA) is 127 Å². The number of anilines is 3. The molecule has 3 heterocycles. The largest absolute Gasteiger partial charge is 0.368 e. The third-order valence-corrected chi connectivity index (χ3v) is 7.67. The van der Waals surface area contributed by atoms with E-state index in [-0.39, 0.29) is 10.8 Å². The Balaban J connectivity index is 1.43. The van der Waals surface area contributed by atoms with Crippen LogP contribution in [0.5, 0.6) is 0 Å². The number of hydrogen-bond acceptors (Lipinski definition) is 9. The van der Waals surface area contributed by atoms with Crippen LogP contribution in [0.2, 0.25) is 0 Å². The summed E-state index contributed by atoms with van der Waals surface area (Å²) in [6.45, 7) is 3.12. The van der Waals surface area contributed by atoms with Gasteiger partial charge in [0.15, 0.2) is 0 Å². The highest BCUT2D eigenvalue weighted by molar-refractivity contribution is 7.98. The predicted octanol–water partition coefficient (Wildman–Crippen LogP) is 2.98. The lowest BCUT2D eigenvalue weighted by Crippen LogP contribution is -2.27. The molecule has 0 atom stereocenters. The van der Waals surface area contributed by atoms with Crippen molar-refractivity contribution >= 4 is 39.4 Å². The molecule has 4 rings (SSSR count). The molecule has 0 amide bonds. The summed E-state index contributed by atoms with van der Waals surface area (Å²) in [6.07, 6.45) is 3.20.